The monoisotopic (exact) mass is 291 g/mol. The van der Waals surface area contributed by atoms with Crippen molar-refractivity contribution >= 4 is 5.82 Å². The molecule has 3 heterocycles. The maximum absolute atomic E-state index is 12.4. The van der Waals surface area contributed by atoms with Crippen molar-refractivity contribution in [3.63, 3.8) is 0 Å². The third-order valence-electron chi connectivity index (χ3n) is 4.71. The zero-order chi connectivity index (χ0) is 14.3. The van der Waals surface area contributed by atoms with Gasteiger partial charge in [-0.1, -0.05) is 0 Å². The molecule has 6 nitrogen and oxygen atoms in total. The minimum Gasteiger partial charge on any atom is -0.378 e. The quantitative estimate of drug-likeness (QED) is 0.910. The van der Waals surface area contributed by atoms with Crippen LogP contribution in [0.4, 0.5) is 5.82 Å². The molecule has 0 aromatic carbocycles. The molecular formula is C15H21N3O3. The molecule has 21 heavy (non-hydrogen) atoms. The summed E-state index contributed by atoms with van der Waals surface area (Å²) in [6, 6.07) is 0.612. The number of nitrogens with one attached hydrogen (secondary N) is 1. The zero-order valence-electron chi connectivity index (χ0n) is 12.1. The summed E-state index contributed by atoms with van der Waals surface area (Å²) in [6.07, 6.45) is 8.44. The standard InChI is InChI=1S/C15H21N3O3/c19-14-13(16-5-6-18(14)12-1-2-12)17-11-3-7-21-15(9-11)4-8-20-10-15/h5-6,11-12H,1-4,7-10H2,(H,16,17). The van der Waals surface area contributed by atoms with E-state index in [-0.39, 0.29) is 17.2 Å². The van der Waals surface area contributed by atoms with E-state index in [0.717, 1.165) is 38.7 Å². The maximum atomic E-state index is 12.4. The predicted molar refractivity (Wildman–Crippen MR) is 77.5 cm³/mol. The Balaban J connectivity index is 1.50. The summed E-state index contributed by atoms with van der Waals surface area (Å²) in [7, 11) is 0. The number of hydrogen-bond donors (Lipinski definition) is 1. The predicted octanol–water partition coefficient (Wildman–Crippen LogP) is 1.33. The van der Waals surface area contributed by atoms with Crippen molar-refractivity contribution in [3.05, 3.63) is 22.7 Å². The largest absolute Gasteiger partial charge is 0.378 e. The lowest BCUT2D eigenvalue weighted by molar-refractivity contribution is -0.0829. The van der Waals surface area contributed by atoms with Gasteiger partial charge in [0, 0.05) is 44.1 Å². The number of hydrogen-bond acceptors (Lipinski definition) is 5. The topological polar surface area (TPSA) is 65.4 Å². The lowest BCUT2D eigenvalue weighted by Crippen LogP contribution is -2.45. The van der Waals surface area contributed by atoms with E-state index in [1.54, 1.807) is 12.4 Å². The fourth-order valence-corrected chi connectivity index (χ4v) is 3.37. The number of rotatable bonds is 3. The zero-order valence-corrected chi connectivity index (χ0v) is 12.1. The van der Waals surface area contributed by atoms with E-state index >= 15 is 0 Å². The average molecular weight is 291 g/mol. The first-order chi connectivity index (χ1) is 10.3. The Morgan fingerprint density at radius 1 is 1.33 bits per heavy atom. The van der Waals surface area contributed by atoms with Crippen molar-refractivity contribution in [2.75, 3.05) is 25.1 Å². The number of nitrogens with zero attached hydrogens (tertiary/aromatic N) is 2. The Morgan fingerprint density at radius 3 is 3.00 bits per heavy atom. The van der Waals surface area contributed by atoms with Gasteiger partial charge in [0.25, 0.3) is 5.56 Å². The summed E-state index contributed by atoms with van der Waals surface area (Å²) in [4.78, 5) is 16.7. The highest BCUT2D eigenvalue weighted by molar-refractivity contribution is 5.33. The minimum atomic E-state index is -0.153. The molecule has 0 bridgehead atoms. The Kier molecular flexibility index (Phi) is 3.23. The van der Waals surface area contributed by atoms with E-state index in [4.69, 9.17) is 9.47 Å². The minimum absolute atomic E-state index is 0.00298. The molecule has 2 atom stereocenters. The lowest BCUT2D eigenvalue weighted by Gasteiger charge is -2.37. The van der Waals surface area contributed by atoms with Crippen molar-refractivity contribution in [2.24, 2.45) is 0 Å². The summed E-state index contributed by atoms with van der Waals surface area (Å²) in [5.41, 5.74) is -0.150. The highest BCUT2D eigenvalue weighted by atomic mass is 16.6. The van der Waals surface area contributed by atoms with E-state index in [9.17, 15) is 4.79 Å². The number of ether oxygens (including phenoxy) is 2. The molecule has 2 unspecified atom stereocenters. The molecule has 1 aromatic rings. The van der Waals surface area contributed by atoms with Crippen molar-refractivity contribution in [3.8, 4) is 0 Å². The molecule has 1 spiro atoms. The Hall–Kier alpha value is -1.40. The van der Waals surface area contributed by atoms with Crippen LogP contribution in [0.2, 0.25) is 0 Å². The number of anilines is 1. The SMILES string of the molecule is O=c1c(NC2CCOC3(CCOC3)C2)nccn1C1CC1. The van der Waals surface area contributed by atoms with Crippen molar-refractivity contribution in [1.82, 2.24) is 9.55 Å². The third-order valence-corrected chi connectivity index (χ3v) is 4.71. The van der Waals surface area contributed by atoms with Crippen molar-refractivity contribution < 1.29 is 9.47 Å². The molecule has 2 saturated heterocycles. The maximum Gasteiger partial charge on any atom is 0.293 e. The van der Waals surface area contributed by atoms with E-state index in [2.05, 4.69) is 10.3 Å². The molecule has 1 aromatic heterocycles. The summed E-state index contributed by atoms with van der Waals surface area (Å²) >= 11 is 0. The Morgan fingerprint density at radius 2 is 2.24 bits per heavy atom. The fourth-order valence-electron chi connectivity index (χ4n) is 3.37. The van der Waals surface area contributed by atoms with Crippen LogP contribution in [0, 0.1) is 0 Å². The molecule has 4 rings (SSSR count). The van der Waals surface area contributed by atoms with Gasteiger partial charge in [-0.25, -0.2) is 4.98 Å². The second-order valence-corrected chi connectivity index (χ2v) is 6.39. The second-order valence-electron chi connectivity index (χ2n) is 6.39. The molecule has 1 N–H and O–H groups in total. The molecule has 114 valence electrons. The highest BCUT2D eigenvalue weighted by Gasteiger charge is 2.41. The Bertz CT molecular complexity index is 576. The molecule has 6 heteroatoms. The van der Waals surface area contributed by atoms with Gasteiger partial charge in [0.1, 0.15) is 0 Å². The highest BCUT2D eigenvalue weighted by Crippen LogP contribution is 2.34. The van der Waals surface area contributed by atoms with Gasteiger partial charge in [-0.05, 0) is 25.7 Å². The van der Waals surface area contributed by atoms with Gasteiger partial charge in [-0.2, -0.15) is 0 Å². The number of aromatic nitrogens is 2. The van der Waals surface area contributed by atoms with Crippen molar-refractivity contribution in [2.45, 2.75) is 49.8 Å². The molecular weight excluding hydrogens is 270 g/mol. The second kappa shape index (κ2) is 5.10. The van der Waals surface area contributed by atoms with Crippen molar-refractivity contribution in [1.29, 1.82) is 0 Å². The summed E-state index contributed by atoms with van der Waals surface area (Å²) in [5.74, 6) is 0.477. The summed E-state index contributed by atoms with van der Waals surface area (Å²) < 4.78 is 13.2. The third kappa shape index (κ3) is 2.58. The molecule has 1 saturated carbocycles. The summed E-state index contributed by atoms with van der Waals surface area (Å²) in [5, 5.41) is 3.34. The van der Waals surface area contributed by atoms with Crippen LogP contribution in [-0.4, -0.2) is 41.0 Å². The van der Waals surface area contributed by atoms with Crippen LogP contribution in [-0.2, 0) is 9.47 Å². The molecule has 0 radical (unpaired) electrons. The van der Waals surface area contributed by atoms with E-state index in [0.29, 0.717) is 25.1 Å². The Labute approximate surface area is 123 Å². The van der Waals surface area contributed by atoms with Crippen LogP contribution in [0.3, 0.4) is 0 Å². The first-order valence-corrected chi connectivity index (χ1v) is 7.81. The first-order valence-electron chi connectivity index (χ1n) is 7.81. The molecule has 3 fully saturated rings. The summed E-state index contributed by atoms with van der Waals surface area (Å²) in [6.45, 7) is 2.15. The van der Waals surface area contributed by atoms with Gasteiger partial charge in [-0.3, -0.25) is 4.79 Å². The van der Waals surface area contributed by atoms with E-state index in [1.807, 2.05) is 4.57 Å². The molecule has 3 aliphatic rings. The first kappa shape index (κ1) is 13.3. The van der Waals surface area contributed by atoms with E-state index in [1.165, 1.54) is 0 Å². The molecule has 0 amide bonds. The van der Waals surface area contributed by atoms with Crippen LogP contribution < -0.4 is 10.9 Å². The van der Waals surface area contributed by atoms with Gasteiger partial charge in [0.2, 0.25) is 0 Å². The molecule has 1 aliphatic carbocycles. The van der Waals surface area contributed by atoms with Gasteiger partial charge in [0.05, 0.1) is 12.2 Å². The van der Waals surface area contributed by atoms with Gasteiger partial charge in [0.15, 0.2) is 5.82 Å². The lowest BCUT2D eigenvalue weighted by atomic mass is 9.90. The molecule has 2 aliphatic heterocycles. The van der Waals surface area contributed by atoms with Crippen LogP contribution in [0.15, 0.2) is 17.2 Å². The van der Waals surface area contributed by atoms with E-state index < -0.39 is 0 Å². The van der Waals surface area contributed by atoms with Crippen LogP contribution in [0.25, 0.3) is 0 Å². The van der Waals surface area contributed by atoms with Crippen LogP contribution >= 0.6 is 0 Å². The van der Waals surface area contributed by atoms with Crippen LogP contribution in [0.5, 0.6) is 0 Å². The average Bonchev–Trinajstić information content (AvgIpc) is 3.24. The van der Waals surface area contributed by atoms with Gasteiger partial charge in [-0.15, -0.1) is 0 Å². The smallest absolute Gasteiger partial charge is 0.293 e. The van der Waals surface area contributed by atoms with Gasteiger partial charge < -0.3 is 19.4 Å². The van der Waals surface area contributed by atoms with Gasteiger partial charge >= 0.3 is 0 Å². The van der Waals surface area contributed by atoms with Crippen LogP contribution in [0.1, 0.15) is 38.1 Å². The normalized spacial score (nSPS) is 32.5. The fraction of sp³-hybridized carbons (Fsp3) is 0.733.